The molecule has 1 N–H and O–H groups in total. The van der Waals surface area contributed by atoms with Crippen LogP contribution in [0.15, 0.2) is 24.3 Å². The molecule has 24 heavy (non-hydrogen) atoms. The second kappa shape index (κ2) is 7.58. The molecule has 0 radical (unpaired) electrons. The van der Waals surface area contributed by atoms with Crippen LogP contribution in [0.2, 0.25) is 0 Å². The van der Waals surface area contributed by atoms with Crippen molar-refractivity contribution in [2.24, 2.45) is 0 Å². The van der Waals surface area contributed by atoms with Crippen LogP contribution in [0.4, 0.5) is 10.5 Å². The molecule has 0 aliphatic carbocycles. The van der Waals surface area contributed by atoms with Gasteiger partial charge in [0.25, 0.3) is 0 Å². The van der Waals surface area contributed by atoms with Gasteiger partial charge in [0.05, 0.1) is 22.8 Å². The van der Waals surface area contributed by atoms with Crippen LogP contribution >= 0.6 is 23.5 Å². The van der Waals surface area contributed by atoms with E-state index in [4.69, 9.17) is 4.74 Å². The molecule has 0 bridgehead atoms. The van der Waals surface area contributed by atoms with Gasteiger partial charge < -0.3 is 15.0 Å². The number of carbonyl (C=O) groups is 1. The normalized spacial score (nSPS) is 24.6. The molecule has 1 aromatic carbocycles. The van der Waals surface area contributed by atoms with Crippen LogP contribution in [0.3, 0.4) is 0 Å². The molecule has 2 amide bonds. The highest BCUT2D eigenvalue weighted by Gasteiger charge is 2.33. The molecular formula is C18H26N2O2S2. The average Bonchev–Trinajstić information content (AvgIpc) is 2.54. The second-order valence-electron chi connectivity index (χ2n) is 7.05. The van der Waals surface area contributed by atoms with Crippen molar-refractivity contribution >= 4 is 35.2 Å². The summed E-state index contributed by atoms with van der Waals surface area (Å²) in [6.45, 7) is 7.31. The number of benzene rings is 1. The van der Waals surface area contributed by atoms with E-state index in [0.29, 0.717) is 17.7 Å². The molecule has 2 fully saturated rings. The maximum absolute atomic E-state index is 12.6. The van der Waals surface area contributed by atoms with Crippen LogP contribution in [0.5, 0.6) is 0 Å². The quantitative estimate of drug-likeness (QED) is 0.831. The average molecular weight is 367 g/mol. The van der Waals surface area contributed by atoms with Crippen molar-refractivity contribution in [3.05, 3.63) is 29.8 Å². The van der Waals surface area contributed by atoms with E-state index in [0.717, 1.165) is 5.69 Å². The number of urea groups is 1. The van der Waals surface area contributed by atoms with Crippen molar-refractivity contribution in [1.82, 2.24) is 4.90 Å². The van der Waals surface area contributed by atoms with Gasteiger partial charge in [-0.3, -0.25) is 0 Å². The monoisotopic (exact) mass is 366 g/mol. The Morgan fingerprint density at radius 2 is 2.08 bits per heavy atom. The number of rotatable bonds is 2. The Hall–Kier alpha value is -0.850. The molecule has 2 aliphatic heterocycles. The molecule has 1 atom stereocenters. The van der Waals surface area contributed by atoms with Gasteiger partial charge in [-0.15, -0.1) is 23.5 Å². The highest BCUT2D eigenvalue weighted by Crippen LogP contribution is 2.44. The predicted molar refractivity (Wildman–Crippen MR) is 104 cm³/mol. The number of hydrogen-bond acceptors (Lipinski definition) is 4. The van der Waals surface area contributed by atoms with E-state index in [1.165, 1.54) is 23.5 Å². The Labute approximate surface area is 153 Å². The van der Waals surface area contributed by atoms with E-state index in [9.17, 15) is 4.79 Å². The fourth-order valence-corrected chi connectivity index (χ4v) is 6.13. The number of carbonyl (C=O) groups excluding carboxylic acids is 1. The van der Waals surface area contributed by atoms with Gasteiger partial charge in [-0.05, 0) is 56.4 Å². The molecule has 2 aliphatic rings. The maximum atomic E-state index is 12.6. The Morgan fingerprint density at radius 1 is 1.33 bits per heavy atom. The van der Waals surface area contributed by atoms with E-state index < -0.39 is 0 Å². The van der Waals surface area contributed by atoms with Crippen LogP contribution in [0, 0.1) is 0 Å². The first kappa shape index (κ1) is 18.0. The number of hydrogen-bond donors (Lipinski definition) is 1. The molecular weight excluding hydrogens is 340 g/mol. The van der Waals surface area contributed by atoms with E-state index in [2.05, 4.69) is 17.4 Å². The first-order valence-corrected chi connectivity index (χ1v) is 10.6. The van der Waals surface area contributed by atoms with E-state index in [1.807, 2.05) is 61.3 Å². The minimum Gasteiger partial charge on any atom is -0.369 e. The molecule has 0 aromatic heterocycles. The van der Waals surface area contributed by atoms with Gasteiger partial charge in [0.2, 0.25) is 0 Å². The smallest absolute Gasteiger partial charge is 0.322 e. The third-order valence-corrected chi connectivity index (χ3v) is 7.11. The Bertz CT molecular complexity index is 588. The summed E-state index contributed by atoms with van der Waals surface area (Å²) < 4.78 is 6.36. The fraction of sp³-hybridized carbons (Fsp3) is 0.611. The SMILES string of the molecule is C[C@@H]1CN(C(=O)Nc2cccc(C3SCCCS3)c2)CC(C)(C)O1. The zero-order chi connectivity index (χ0) is 17.2. The summed E-state index contributed by atoms with van der Waals surface area (Å²) in [5, 5.41) is 3.06. The molecule has 0 spiro atoms. The van der Waals surface area contributed by atoms with Crippen molar-refractivity contribution in [3.8, 4) is 0 Å². The summed E-state index contributed by atoms with van der Waals surface area (Å²) in [4.78, 5) is 14.5. The van der Waals surface area contributed by atoms with Gasteiger partial charge in [0.1, 0.15) is 0 Å². The first-order valence-electron chi connectivity index (χ1n) is 8.50. The summed E-state index contributed by atoms with van der Waals surface area (Å²) in [7, 11) is 0. The molecule has 132 valence electrons. The third-order valence-electron chi connectivity index (χ3n) is 4.09. The lowest BCUT2D eigenvalue weighted by Crippen LogP contribution is -2.54. The number of amides is 2. The molecule has 4 nitrogen and oxygen atoms in total. The number of thioether (sulfide) groups is 2. The van der Waals surface area contributed by atoms with Crippen LogP contribution < -0.4 is 5.32 Å². The van der Waals surface area contributed by atoms with Gasteiger partial charge in [0, 0.05) is 12.2 Å². The minimum atomic E-state index is -0.299. The largest absolute Gasteiger partial charge is 0.369 e. The lowest BCUT2D eigenvalue weighted by molar-refractivity contribution is -0.116. The van der Waals surface area contributed by atoms with Gasteiger partial charge in [-0.25, -0.2) is 4.79 Å². The molecule has 0 saturated carbocycles. The number of ether oxygens (including phenoxy) is 1. The number of nitrogens with one attached hydrogen (secondary N) is 1. The van der Waals surface area contributed by atoms with Crippen LogP contribution in [-0.2, 0) is 4.74 Å². The summed E-state index contributed by atoms with van der Waals surface area (Å²) >= 11 is 3.99. The topological polar surface area (TPSA) is 41.6 Å². The minimum absolute atomic E-state index is 0.0423. The van der Waals surface area contributed by atoms with Gasteiger partial charge >= 0.3 is 6.03 Å². The third kappa shape index (κ3) is 4.61. The second-order valence-corrected chi connectivity index (χ2v) is 9.78. The Kier molecular flexibility index (Phi) is 5.67. The van der Waals surface area contributed by atoms with E-state index >= 15 is 0 Å². The summed E-state index contributed by atoms with van der Waals surface area (Å²) in [5.74, 6) is 2.43. The van der Waals surface area contributed by atoms with E-state index in [-0.39, 0.29) is 17.7 Å². The van der Waals surface area contributed by atoms with Crippen molar-refractivity contribution in [3.63, 3.8) is 0 Å². The van der Waals surface area contributed by atoms with Crippen molar-refractivity contribution in [2.75, 3.05) is 29.9 Å². The summed E-state index contributed by atoms with van der Waals surface area (Å²) in [6.07, 6.45) is 1.34. The summed E-state index contributed by atoms with van der Waals surface area (Å²) in [5.41, 5.74) is 1.87. The van der Waals surface area contributed by atoms with Crippen LogP contribution in [-0.4, -0.2) is 47.2 Å². The molecule has 2 saturated heterocycles. The first-order chi connectivity index (χ1) is 11.4. The Balaban J connectivity index is 1.66. The van der Waals surface area contributed by atoms with Gasteiger partial charge in [-0.1, -0.05) is 12.1 Å². The Morgan fingerprint density at radius 3 is 2.79 bits per heavy atom. The zero-order valence-electron chi connectivity index (χ0n) is 14.6. The van der Waals surface area contributed by atoms with Gasteiger partial charge in [0.15, 0.2) is 0 Å². The molecule has 2 heterocycles. The molecule has 0 unspecified atom stereocenters. The lowest BCUT2D eigenvalue weighted by atomic mass is 10.1. The zero-order valence-corrected chi connectivity index (χ0v) is 16.2. The van der Waals surface area contributed by atoms with Crippen molar-refractivity contribution in [2.45, 2.75) is 43.5 Å². The highest BCUT2D eigenvalue weighted by atomic mass is 32.2. The molecule has 1 aromatic rings. The van der Waals surface area contributed by atoms with Crippen LogP contribution in [0.1, 0.15) is 37.3 Å². The summed E-state index contributed by atoms with van der Waals surface area (Å²) in [6, 6.07) is 8.23. The van der Waals surface area contributed by atoms with Crippen LogP contribution in [0.25, 0.3) is 0 Å². The molecule has 6 heteroatoms. The van der Waals surface area contributed by atoms with E-state index in [1.54, 1.807) is 0 Å². The highest BCUT2D eigenvalue weighted by molar-refractivity contribution is 8.16. The lowest BCUT2D eigenvalue weighted by Gasteiger charge is -2.41. The predicted octanol–water partition coefficient (Wildman–Crippen LogP) is 4.59. The van der Waals surface area contributed by atoms with Crippen molar-refractivity contribution in [1.29, 1.82) is 0 Å². The fourth-order valence-electron chi connectivity index (χ4n) is 3.25. The maximum Gasteiger partial charge on any atom is 0.322 e. The number of anilines is 1. The number of morpholine rings is 1. The molecule has 3 rings (SSSR count). The van der Waals surface area contributed by atoms with Crippen molar-refractivity contribution < 1.29 is 9.53 Å². The number of nitrogens with zero attached hydrogens (tertiary/aromatic N) is 1. The standard InChI is InChI=1S/C18H26N2O2S2/c1-13-11-20(12-18(2,3)22-13)17(21)19-15-7-4-6-14(10-15)16-23-8-5-9-24-16/h4,6-7,10,13,16H,5,8-9,11-12H2,1-3H3,(H,19,21)/t13-/m1/s1. The van der Waals surface area contributed by atoms with Gasteiger partial charge in [-0.2, -0.15) is 0 Å².